The van der Waals surface area contributed by atoms with E-state index in [1.807, 2.05) is 6.07 Å². The predicted octanol–water partition coefficient (Wildman–Crippen LogP) is 5.40. The fourth-order valence-corrected chi connectivity index (χ4v) is 5.25. The Morgan fingerprint density at radius 2 is 1.53 bits per heavy atom. The molecule has 5 heteroatoms. The molecule has 1 saturated heterocycles. The Kier molecular flexibility index (Phi) is 6.57. The highest BCUT2D eigenvalue weighted by Crippen LogP contribution is 2.39. The highest BCUT2D eigenvalue weighted by Gasteiger charge is 2.30. The number of methoxy groups -OCH3 is 2. The van der Waals surface area contributed by atoms with Crippen molar-refractivity contribution >= 4 is 10.9 Å². The van der Waals surface area contributed by atoms with Gasteiger partial charge in [-0.15, -0.1) is 0 Å². The standard InChI is InChI=1S/C29H33N3O2/c1-21-28(24-11-7-8-12-25(24)30-21)29(23-13-14-26(33-2)27(19-23)34-3)32-17-15-31(16-18-32)20-22-9-5-4-6-10-22/h4-14,19,29-30H,15-18,20H2,1-3H3. The first-order chi connectivity index (χ1) is 16.7. The molecule has 3 aromatic carbocycles. The highest BCUT2D eigenvalue weighted by atomic mass is 16.5. The molecule has 5 rings (SSSR count). The lowest BCUT2D eigenvalue weighted by Crippen LogP contribution is -2.47. The van der Waals surface area contributed by atoms with Crippen LogP contribution in [0.5, 0.6) is 11.5 Å². The van der Waals surface area contributed by atoms with E-state index >= 15 is 0 Å². The van der Waals surface area contributed by atoms with Gasteiger partial charge in [0, 0.05) is 54.9 Å². The molecule has 176 valence electrons. The summed E-state index contributed by atoms with van der Waals surface area (Å²) in [6.07, 6.45) is 0. The number of benzene rings is 3. The number of nitrogens with one attached hydrogen (secondary N) is 1. The van der Waals surface area contributed by atoms with E-state index in [1.54, 1.807) is 14.2 Å². The zero-order chi connectivity index (χ0) is 23.5. The van der Waals surface area contributed by atoms with E-state index in [0.29, 0.717) is 0 Å². The van der Waals surface area contributed by atoms with Crippen molar-refractivity contribution in [3.05, 3.63) is 95.2 Å². The van der Waals surface area contributed by atoms with Crippen LogP contribution in [-0.4, -0.2) is 55.2 Å². The zero-order valence-corrected chi connectivity index (χ0v) is 20.3. The quantitative estimate of drug-likeness (QED) is 0.405. The van der Waals surface area contributed by atoms with E-state index in [9.17, 15) is 0 Å². The summed E-state index contributed by atoms with van der Waals surface area (Å²) in [5.41, 5.74) is 6.34. The molecule has 0 radical (unpaired) electrons. The van der Waals surface area contributed by atoms with Crippen molar-refractivity contribution in [2.45, 2.75) is 19.5 Å². The Labute approximate surface area is 201 Å². The van der Waals surface area contributed by atoms with Crippen LogP contribution < -0.4 is 9.47 Å². The molecule has 34 heavy (non-hydrogen) atoms. The first-order valence-corrected chi connectivity index (χ1v) is 12.0. The number of ether oxygens (including phenoxy) is 2. The van der Waals surface area contributed by atoms with Crippen LogP contribution in [0.2, 0.25) is 0 Å². The molecule has 1 unspecified atom stereocenters. The van der Waals surface area contributed by atoms with Crippen LogP contribution in [0.25, 0.3) is 10.9 Å². The van der Waals surface area contributed by atoms with Gasteiger partial charge in [0.25, 0.3) is 0 Å². The average Bonchev–Trinajstić information content (AvgIpc) is 3.21. The van der Waals surface area contributed by atoms with Crippen molar-refractivity contribution in [1.29, 1.82) is 0 Å². The molecule has 0 saturated carbocycles. The molecule has 0 spiro atoms. The molecule has 1 aromatic heterocycles. The van der Waals surface area contributed by atoms with Crippen LogP contribution in [0, 0.1) is 6.92 Å². The number of hydrogen-bond donors (Lipinski definition) is 1. The molecule has 1 aliphatic rings. The molecular formula is C29H33N3O2. The number of aryl methyl sites for hydroxylation is 1. The second-order valence-corrected chi connectivity index (χ2v) is 9.02. The molecule has 0 amide bonds. The minimum Gasteiger partial charge on any atom is -0.493 e. The van der Waals surface area contributed by atoms with E-state index in [2.05, 4.69) is 88.4 Å². The monoisotopic (exact) mass is 455 g/mol. The lowest BCUT2D eigenvalue weighted by atomic mass is 9.93. The van der Waals surface area contributed by atoms with E-state index in [4.69, 9.17) is 9.47 Å². The van der Waals surface area contributed by atoms with Gasteiger partial charge >= 0.3 is 0 Å². The summed E-state index contributed by atoms with van der Waals surface area (Å²) < 4.78 is 11.2. The van der Waals surface area contributed by atoms with Gasteiger partial charge in [0.2, 0.25) is 0 Å². The number of fused-ring (bicyclic) bond motifs is 1. The minimum atomic E-state index is 0.134. The zero-order valence-electron chi connectivity index (χ0n) is 20.3. The van der Waals surface area contributed by atoms with Gasteiger partial charge in [0.05, 0.1) is 20.3 Å². The van der Waals surface area contributed by atoms with Crippen LogP contribution >= 0.6 is 0 Å². The second-order valence-electron chi connectivity index (χ2n) is 9.02. The largest absolute Gasteiger partial charge is 0.493 e. The summed E-state index contributed by atoms with van der Waals surface area (Å²) >= 11 is 0. The topological polar surface area (TPSA) is 40.7 Å². The van der Waals surface area contributed by atoms with Crippen LogP contribution in [0.4, 0.5) is 0 Å². The maximum absolute atomic E-state index is 5.67. The Morgan fingerprint density at radius 3 is 2.26 bits per heavy atom. The number of aromatic amines is 1. The van der Waals surface area contributed by atoms with E-state index in [-0.39, 0.29) is 6.04 Å². The summed E-state index contributed by atoms with van der Waals surface area (Å²) in [4.78, 5) is 8.79. The van der Waals surface area contributed by atoms with E-state index in [0.717, 1.165) is 44.2 Å². The lowest BCUT2D eigenvalue weighted by Gasteiger charge is -2.40. The van der Waals surface area contributed by atoms with Gasteiger partial charge < -0.3 is 14.5 Å². The SMILES string of the molecule is COc1ccc(C(c2c(C)[nH]c3ccccc23)N2CCN(Cc3ccccc3)CC2)cc1OC. The molecule has 0 aliphatic carbocycles. The number of H-pyrrole nitrogens is 1. The minimum absolute atomic E-state index is 0.134. The van der Waals surface area contributed by atoms with Gasteiger partial charge in [0.15, 0.2) is 11.5 Å². The Bertz CT molecular complexity index is 1240. The summed E-state index contributed by atoms with van der Waals surface area (Å²) in [6, 6.07) is 25.9. The molecular weight excluding hydrogens is 422 g/mol. The van der Waals surface area contributed by atoms with Gasteiger partial charge in [-0.05, 0) is 36.2 Å². The summed E-state index contributed by atoms with van der Waals surface area (Å²) in [5, 5.41) is 1.28. The smallest absolute Gasteiger partial charge is 0.161 e. The second kappa shape index (κ2) is 9.92. The third-order valence-corrected chi connectivity index (χ3v) is 6.96. The molecule has 0 bridgehead atoms. The number of piperazine rings is 1. The van der Waals surface area contributed by atoms with Crippen LogP contribution in [-0.2, 0) is 6.54 Å². The van der Waals surface area contributed by atoms with Gasteiger partial charge in [0.1, 0.15) is 0 Å². The predicted molar refractivity (Wildman–Crippen MR) is 138 cm³/mol. The summed E-state index contributed by atoms with van der Waals surface area (Å²) in [7, 11) is 3.39. The third-order valence-electron chi connectivity index (χ3n) is 6.96. The van der Waals surface area contributed by atoms with Gasteiger partial charge in [-0.2, -0.15) is 0 Å². The fraction of sp³-hybridized carbons (Fsp3) is 0.310. The number of rotatable bonds is 7. The van der Waals surface area contributed by atoms with Crippen molar-refractivity contribution in [2.75, 3.05) is 40.4 Å². The first kappa shape index (κ1) is 22.5. The van der Waals surface area contributed by atoms with E-state index < -0.39 is 0 Å². The normalized spacial score (nSPS) is 16.0. The summed E-state index contributed by atoms with van der Waals surface area (Å²) in [5.74, 6) is 1.53. The van der Waals surface area contributed by atoms with Crippen LogP contribution in [0.15, 0.2) is 72.8 Å². The lowest BCUT2D eigenvalue weighted by molar-refractivity contribution is 0.105. The molecule has 1 atom stereocenters. The number of nitrogens with zero attached hydrogens (tertiary/aromatic N) is 2. The first-order valence-electron chi connectivity index (χ1n) is 12.0. The van der Waals surface area contributed by atoms with Gasteiger partial charge in [-0.25, -0.2) is 0 Å². The Morgan fingerprint density at radius 1 is 0.824 bits per heavy atom. The van der Waals surface area contributed by atoms with Crippen molar-refractivity contribution < 1.29 is 9.47 Å². The van der Waals surface area contributed by atoms with Crippen molar-refractivity contribution in [1.82, 2.24) is 14.8 Å². The molecule has 2 heterocycles. The van der Waals surface area contributed by atoms with Crippen LogP contribution in [0.1, 0.15) is 28.4 Å². The Hall–Kier alpha value is -3.28. The Balaban J connectivity index is 1.49. The highest BCUT2D eigenvalue weighted by molar-refractivity contribution is 5.85. The maximum Gasteiger partial charge on any atom is 0.161 e. The van der Waals surface area contributed by atoms with Gasteiger partial charge in [-0.1, -0.05) is 54.6 Å². The number of para-hydroxylation sites is 1. The van der Waals surface area contributed by atoms with Crippen LogP contribution in [0.3, 0.4) is 0 Å². The molecule has 4 aromatic rings. The number of aromatic nitrogens is 1. The van der Waals surface area contributed by atoms with E-state index in [1.165, 1.54) is 33.3 Å². The third kappa shape index (κ3) is 4.41. The fourth-order valence-electron chi connectivity index (χ4n) is 5.25. The van der Waals surface area contributed by atoms with Crippen molar-refractivity contribution in [2.24, 2.45) is 0 Å². The molecule has 5 nitrogen and oxygen atoms in total. The molecule has 1 fully saturated rings. The maximum atomic E-state index is 5.67. The van der Waals surface area contributed by atoms with Crippen molar-refractivity contribution in [3.63, 3.8) is 0 Å². The molecule has 1 N–H and O–H groups in total. The summed E-state index contributed by atoms with van der Waals surface area (Å²) in [6.45, 7) is 7.28. The number of hydrogen-bond acceptors (Lipinski definition) is 4. The van der Waals surface area contributed by atoms with Gasteiger partial charge in [-0.3, -0.25) is 9.80 Å². The molecule has 1 aliphatic heterocycles. The van der Waals surface area contributed by atoms with Crippen molar-refractivity contribution in [3.8, 4) is 11.5 Å². The average molecular weight is 456 g/mol.